The molecular weight excluding hydrogens is 290 g/mol. The number of hydrogen-bond donors (Lipinski definition) is 1. The van der Waals surface area contributed by atoms with E-state index >= 15 is 0 Å². The van der Waals surface area contributed by atoms with Crippen molar-refractivity contribution < 1.29 is 4.79 Å². The highest BCUT2D eigenvalue weighted by molar-refractivity contribution is 9.09. The van der Waals surface area contributed by atoms with E-state index in [1.807, 2.05) is 24.3 Å². The molecule has 3 heteroatoms. The number of carbonyl (C=O) groups is 1. The third kappa shape index (κ3) is 4.45. The van der Waals surface area contributed by atoms with Crippen LogP contribution in [-0.2, 0) is 5.41 Å². The smallest absolute Gasteiger partial charge is 0.251 e. The molecule has 0 fully saturated rings. The van der Waals surface area contributed by atoms with Crippen LogP contribution in [0.4, 0.5) is 0 Å². The molecule has 0 spiro atoms. The Bertz CT molecular complexity index is 392. The number of alkyl halides is 1. The molecule has 1 aromatic carbocycles. The van der Waals surface area contributed by atoms with Gasteiger partial charge in [0.25, 0.3) is 5.91 Å². The molecule has 1 atom stereocenters. The average Bonchev–Trinajstić information content (AvgIpc) is 2.34. The van der Waals surface area contributed by atoms with Gasteiger partial charge in [-0.1, -0.05) is 55.8 Å². The summed E-state index contributed by atoms with van der Waals surface area (Å²) in [6.45, 7) is 9.29. The fourth-order valence-corrected chi connectivity index (χ4v) is 1.77. The standard InChI is InChI=1S/C15H22BrNO/c1-11(9-16)10-17-14(18)12-5-7-13(8-6-12)15(2,3)4/h5-8,11H,9-10H2,1-4H3,(H,17,18). The molecule has 1 unspecified atom stereocenters. The Morgan fingerprint density at radius 2 is 1.83 bits per heavy atom. The predicted octanol–water partition coefficient (Wildman–Crippen LogP) is 3.74. The summed E-state index contributed by atoms with van der Waals surface area (Å²) in [4.78, 5) is 11.9. The van der Waals surface area contributed by atoms with Crippen molar-refractivity contribution in [2.45, 2.75) is 33.1 Å². The summed E-state index contributed by atoms with van der Waals surface area (Å²) in [5.41, 5.74) is 2.09. The van der Waals surface area contributed by atoms with Gasteiger partial charge in [0.2, 0.25) is 0 Å². The molecule has 100 valence electrons. The summed E-state index contributed by atoms with van der Waals surface area (Å²) >= 11 is 3.40. The van der Waals surface area contributed by atoms with Crippen LogP contribution in [0, 0.1) is 5.92 Å². The molecular formula is C15H22BrNO. The summed E-state index contributed by atoms with van der Waals surface area (Å²) in [5, 5.41) is 3.84. The van der Waals surface area contributed by atoms with Gasteiger partial charge in [-0.2, -0.15) is 0 Å². The Kier molecular flexibility index (Phi) is 5.39. The maximum absolute atomic E-state index is 11.9. The van der Waals surface area contributed by atoms with Crippen molar-refractivity contribution in [1.82, 2.24) is 5.32 Å². The van der Waals surface area contributed by atoms with E-state index in [0.29, 0.717) is 12.5 Å². The van der Waals surface area contributed by atoms with Crippen molar-refractivity contribution >= 4 is 21.8 Å². The largest absolute Gasteiger partial charge is 0.352 e. The summed E-state index contributed by atoms with van der Waals surface area (Å²) in [5.74, 6) is 0.450. The molecule has 1 aromatic rings. The number of nitrogens with one attached hydrogen (secondary N) is 1. The number of halogens is 1. The minimum Gasteiger partial charge on any atom is -0.352 e. The third-order valence-corrected chi connectivity index (χ3v) is 3.99. The Morgan fingerprint density at radius 1 is 1.28 bits per heavy atom. The SMILES string of the molecule is CC(CBr)CNC(=O)c1ccc(C(C)(C)C)cc1. The van der Waals surface area contributed by atoms with Crippen molar-refractivity contribution in [1.29, 1.82) is 0 Å². The molecule has 0 bridgehead atoms. The van der Waals surface area contributed by atoms with E-state index in [2.05, 4.69) is 48.9 Å². The summed E-state index contributed by atoms with van der Waals surface area (Å²) in [6, 6.07) is 7.86. The predicted molar refractivity (Wildman–Crippen MR) is 80.4 cm³/mol. The molecule has 0 aliphatic heterocycles. The van der Waals surface area contributed by atoms with Crippen LogP contribution < -0.4 is 5.32 Å². The summed E-state index contributed by atoms with van der Waals surface area (Å²) < 4.78 is 0. The fourth-order valence-electron chi connectivity index (χ4n) is 1.55. The van der Waals surface area contributed by atoms with Gasteiger partial charge in [0.1, 0.15) is 0 Å². The first-order valence-corrected chi connectivity index (χ1v) is 7.41. The fraction of sp³-hybridized carbons (Fsp3) is 0.533. The van der Waals surface area contributed by atoms with Gasteiger partial charge in [-0.25, -0.2) is 0 Å². The Labute approximate surface area is 118 Å². The number of carbonyl (C=O) groups excluding carboxylic acids is 1. The zero-order valence-electron chi connectivity index (χ0n) is 11.6. The summed E-state index contributed by atoms with van der Waals surface area (Å²) in [6.07, 6.45) is 0. The third-order valence-electron chi connectivity index (χ3n) is 2.89. The van der Waals surface area contributed by atoms with Crippen LogP contribution in [0.1, 0.15) is 43.6 Å². The van der Waals surface area contributed by atoms with Gasteiger partial charge in [0.05, 0.1) is 0 Å². The van der Waals surface area contributed by atoms with E-state index < -0.39 is 0 Å². The molecule has 2 nitrogen and oxygen atoms in total. The molecule has 1 N–H and O–H groups in total. The quantitative estimate of drug-likeness (QED) is 0.843. The number of rotatable bonds is 4. The highest BCUT2D eigenvalue weighted by Crippen LogP contribution is 2.22. The zero-order chi connectivity index (χ0) is 13.8. The lowest BCUT2D eigenvalue weighted by atomic mass is 9.87. The monoisotopic (exact) mass is 311 g/mol. The topological polar surface area (TPSA) is 29.1 Å². The van der Waals surface area contributed by atoms with Gasteiger partial charge in [0, 0.05) is 17.4 Å². The number of hydrogen-bond acceptors (Lipinski definition) is 1. The molecule has 0 radical (unpaired) electrons. The van der Waals surface area contributed by atoms with E-state index in [4.69, 9.17) is 0 Å². The first kappa shape index (κ1) is 15.2. The molecule has 1 amide bonds. The molecule has 1 rings (SSSR count). The number of amides is 1. The van der Waals surface area contributed by atoms with Crippen molar-refractivity contribution in [3.05, 3.63) is 35.4 Å². The van der Waals surface area contributed by atoms with Gasteiger partial charge in [-0.15, -0.1) is 0 Å². The lowest BCUT2D eigenvalue weighted by Crippen LogP contribution is -2.28. The van der Waals surface area contributed by atoms with Crippen LogP contribution in [0.5, 0.6) is 0 Å². The van der Waals surface area contributed by atoms with Crippen LogP contribution in [0.3, 0.4) is 0 Å². The highest BCUT2D eigenvalue weighted by atomic mass is 79.9. The lowest BCUT2D eigenvalue weighted by molar-refractivity contribution is 0.0949. The highest BCUT2D eigenvalue weighted by Gasteiger charge is 2.14. The van der Waals surface area contributed by atoms with E-state index in [0.717, 1.165) is 10.9 Å². The van der Waals surface area contributed by atoms with Gasteiger partial charge >= 0.3 is 0 Å². The van der Waals surface area contributed by atoms with Gasteiger partial charge in [-0.05, 0) is 29.0 Å². The molecule has 0 saturated heterocycles. The molecule has 0 aliphatic rings. The molecule has 0 aliphatic carbocycles. The van der Waals surface area contributed by atoms with E-state index in [1.165, 1.54) is 5.56 Å². The Hall–Kier alpha value is -0.830. The van der Waals surface area contributed by atoms with Gasteiger partial charge < -0.3 is 5.32 Å². The lowest BCUT2D eigenvalue weighted by Gasteiger charge is -2.19. The Morgan fingerprint density at radius 3 is 2.28 bits per heavy atom. The second kappa shape index (κ2) is 6.37. The number of benzene rings is 1. The first-order chi connectivity index (χ1) is 8.34. The minimum atomic E-state index is 0.00302. The maximum atomic E-state index is 11.9. The second-order valence-electron chi connectivity index (χ2n) is 5.80. The van der Waals surface area contributed by atoms with Crippen LogP contribution >= 0.6 is 15.9 Å². The van der Waals surface area contributed by atoms with E-state index in [-0.39, 0.29) is 11.3 Å². The maximum Gasteiger partial charge on any atom is 0.251 e. The zero-order valence-corrected chi connectivity index (χ0v) is 13.2. The first-order valence-electron chi connectivity index (χ1n) is 6.29. The van der Waals surface area contributed by atoms with Crippen LogP contribution in [0.15, 0.2) is 24.3 Å². The van der Waals surface area contributed by atoms with Crippen molar-refractivity contribution in [3.8, 4) is 0 Å². The van der Waals surface area contributed by atoms with Crippen molar-refractivity contribution in [2.75, 3.05) is 11.9 Å². The van der Waals surface area contributed by atoms with E-state index in [1.54, 1.807) is 0 Å². The van der Waals surface area contributed by atoms with Gasteiger partial charge in [0.15, 0.2) is 0 Å². The second-order valence-corrected chi connectivity index (χ2v) is 6.44. The molecule has 18 heavy (non-hydrogen) atoms. The van der Waals surface area contributed by atoms with Crippen LogP contribution in [0.2, 0.25) is 0 Å². The summed E-state index contributed by atoms with van der Waals surface area (Å²) in [7, 11) is 0. The van der Waals surface area contributed by atoms with Gasteiger partial charge in [-0.3, -0.25) is 4.79 Å². The van der Waals surface area contributed by atoms with Crippen molar-refractivity contribution in [2.24, 2.45) is 5.92 Å². The Balaban J connectivity index is 2.65. The molecule has 0 heterocycles. The minimum absolute atomic E-state index is 0.00302. The van der Waals surface area contributed by atoms with Crippen molar-refractivity contribution in [3.63, 3.8) is 0 Å². The molecule has 0 aromatic heterocycles. The van der Waals surface area contributed by atoms with E-state index in [9.17, 15) is 4.79 Å². The average molecular weight is 312 g/mol. The molecule has 0 saturated carbocycles. The normalized spacial score (nSPS) is 13.2. The van der Waals surface area contributed by atoms with Crippen LogP contribution in [0.25, 0.3) is 0 Å². The van der Waals surface area contributed by atoms with Crippen LogP contribution in [-0.4, -0.2) is 17.8 Å².